The molecule has 1 atom stereocenters. The number of benzene rings is 1. The fourth-order valence-corrected chi connectivity index (χ4v) is 2.25. The molecule has 20 heavy (non-hydrogen) atoms. The molecule has 2 rings (SSSR count). The Morgan fingerprint density at radius 2 is 2.05 bits per heavy atom. The summed E-state index contributed by atoms with van der Waals surface area (Å²) < 4.78 is 10.5. The van der Waals surface area contributed by atoms with Crippen molar-refractivity contribution in [3.8, 4) is 11.5 Å². The van der Waals surface area contributed by atoms with Gasteiger partial charge in [0.05, 0.1) is 20.1 Å². The van der Waals surface area contributed by atoms with Gasteiger partial charge in [0, 0.05) is 19.1 Å². The van der Waals surface area contributed by atoms with E-state index in [-0.39, 0.29) is 17.9 Å². The Hall–Kier alpha value is -1.75. The molecule has 1 aromatic carbocycles. The predicted molar refractivity (Wildman–Crippen MR) is 77.2 cm³/mol. The van der Waals surface area contributed by atoms with Crippen LogP contribution in [0.2, 0.25) is 0 Å². The predicted octanol–water partition coefficient (Wildman–Crippen LogP) is 0.970. The van der Waals surface area contributed by atoms with E-state index in [1.54, 1.807) is 14.2 Å². The van der Waals surface area contributed by atoms with Gasteiger partial charge in [0.25, 0.3) is 0 Å². The van der Waals surface area contributed by atoms with E-state index in [1.165, 1.54) is 0 Å². The van der Waals surface area contributed by atoms with Gasteiger partial charge in [-0.3, -0.25) is 4.79 Å². The highest BCUT2D eigenvalue weighted by Crippen LogP contribution is 2.27. The molecule has 5 heteroatoms. The first-order chi connectivity index (χ1) is 9.63. The maximum absolute atomic E-state index is 11.9. The molecule has 1 aliphatic rings. The third kappa shape index (κ3) is 3.42. The molecular weight excluding hydrogens is 256 g/mol. The largest absolute Gasteiger partial charge is 0.493 e. The lowest BCUT2D eigenvalue weighted by Crippen LogP contribution is -2.52. The summed E-state index contributed by atoms with van der Waals surface area (Å²) in [6.45, 7) is 3.59. The van der Waals surface area contributed by atoms with Gasteiger partial charge in [0.15, 0.2) is 11.5 Å². The summed E-state index contributed by atoms with van der Waals surface area (Å²) in [5.74, 6) is 1.69. The molecule has 2 N–H and O–H groups in total. The number of ether oxygens (including phenoxy) is 2. The molecule has 1 fully saturated rings. The molecule has 110 valence electrons. The van der Waals surface area contributed by atoms with Crippen LogP contribution in [0, 0.1) is 5.92 Å². The normalized spacial score (nSPS) is 16.1. The minimum Gasteiger partial charge on any atom is -0.493 e. The van der Waals surface area contributed by atoms with Crippen molar-refractivity contribution in [3.63, 3.8) is 0 Å². The van der Waals surface area contributed by atoms with Crippen LogP contribution in [-0.4, -0.2) is 39.3 Å². The van der Waals surface area contributed by atoms with E-state index in [1.807, 2.05) is 25.1 Å². The van der Waals surface area contributed by atoms with Gasteiger partial charge in [-0.05, 0) is 31.0 Å². The van der Waals surface area contributed by atoms with Crippen molar-refractivity contribution in [2.75, 3.05) is 27.3 Å². The van der Waals surface area contributed by atoms with Crippen molar-refractivity contribution < 1.29 is 14.3 Å². The smallest absolute Gasteiger partial charge is 0.225 e. The number of rotatable bonds is 6. The third-order valence-electron chi connectivity index (χ3n) is 3.53. The number of hydrogen-bond acceptors (Lipinski definition) is 4. The van der Waals surface area contributed by atoms with Crippen molar-refractivity contribution in [2.24, 2.45) is 5.92 Å². The van der Waals surface area contributed by atoms with Crippen molar-refractivity contribution in [2.45, 2.75) is 19.4 Å². The van der Waals surface area contributed by atoms with Crippen LogP contribution in [0.25, 0.3) is 0 Å². The van der Waals surface area contributed by atoms with E-state index in [4.69, 9.17) is 9.47 Å². The van der Waals surface area contributed by atoms with Gasteiger partial charge in [-0.2, -0.15) is 0 Å². The molecule has 0 aliphatic carbocycles. The molecule has 0 bridgehead atoms. The van der Waals surface area contributed by atoms with Crippen molar-refractivity contribution in [1.29, 1.82) is 0 Å². The monoisotopic (exact) mass is 278 g/mol. The van der Waals surface area contributed by atoms with Gasteiger partial charge in [0.2, 0.25) is 5.91 Å². The molecular formula is C15H22N2O3. The number of carbonyl (C=O) groups excluding carboxylic acids is 1. The maximum Gasteiger partial charge on any atom is 0.225 e. The van der Waals surface area contributed by atoms with Gasteiger partial charge in [-0.1, -0.05) is 6.07 Å². The fourth-order valence-electron chi connectivity index (χ4n) is 2.25. The van der Waals surface area contributed by atoms with Crippen molar-refractivity contribution in [3.05, 3.63) is 23.8 Å². The molecule has 1 amide bonds. The molecule has 0 aromatic heterocycles. The number of methoxy groups -OCH3 is 2. The summed E-state index contributed by atoms with van der Waals surface area (Å²) in [7, 11) is 3.24. The van der Waals surface area contributed by atoms with Crippen LogP contribution < -0.4 is 20.1 Å². The van der Waals surface area contributed by atoms with Crippen molar-refractivity contribution in [1.82, 2.24) is 10.6 Å². The Bertz CT molecular complexity index is 472. The van der Waals surface area contributed by atoms with E-state index < -0.39 is 0 Å². The molecule has 1 aliphatic heterocycles. The lowest BCUT2D eigenvalue weighted by Gasteiger charge is -2.27. The second-order valence-corrected chi connectivity index (χ2v) is 5.16. The summed E-state index contributed by atoms with van der Waals surface area (Å²) in [6.07, 6.45) is 0.770. The highest BCUT2D eigenvalue weighted by molar-refractivity contribution is 5.80. The zero-order chi connectivity index (χ0) is 14.5. The first-order valence-electron chi connectivity index (χ1n) is 6.86. The average Bonchev–Trinajstić information content (AvgIpc) is 2.36. The van der Waals surface area contributed by atoms with Crippen LogP contribution in [0.1, 0.15) is 12.5 Å². The molecule has 1 unspecified atom stereocenters. The molecule has 1 saturated heterocycles. The third-order valence-corrected chi connectivity index (χ3v) is 3.53. The second kappa shape index (κ2) is 6.61. The Morgan fingerprint density at radius 3 is 2.60 bits per heavy atom. The Kier molecular flexibility index (Phi) is 4.84. The Balaban J connectivity index is 1.93. The number of hydrogen-bond donors (Lipinski definition) is 2. The van der Waals surface area contributed by atoms with E-state index >= 15 is 0 Å². The second-order valence-electron chi connectivity index (χ2n) is 5.16. The Morgan fingerprint density at radius 1 is 1.35 bits per heavy atom. The number of carbonyl (C=O) groups is 1. The Labute approximate surface area is 119 Å². The molecule has 0 saturated carbocycles. The highest BCUT2D eigenvalue weighted by Gasteiger charge is 2.25. The van der Waals surface area contributed by atoms with E-state index in [0.29, 0.717) is 11.5 Å². The zero-order valence-electron chi connectivity index (χ0n) is 12.2. The lowest BCUT2D eigenvalue weighted by atomic mass is 10.0. The van der Waals surface area contributed by atoms with Gasteiger partial charge in [-0.25, -0.2) is 0 Å². The maximum atomic E-state index is 11.9. The highest BCUT2D eigenvalue weighted by atomic mass is 16.5. The van der Waals surface area contributed by atoms with Crippen LogP contribution in [0.5, 0.6) is 11.5 Å². The van der Waals surface area contributed by atoms with Crippen LogP contribution in [-0.2, 0) is 11.2 Å². The number of nitrogens with one attached hydrogen (secondary N) is 2. The fraction of sp³-hybridized carbons (Fsp3) is 0.533. The molecule has 5 nitrogen and oxygen atoms in total. The summed E-state index contributed by atoms with van der Waals surface area (Å²) >= 11 is 0. The average molecular weight is 278 g/mol. The SMILES string of the molecule is COc1ccc(CC(C)NC(=O)C2CNC2)cc1OC. The first kappa shape index (κ1) is 14.7. The van der Waals surface area contributed by atoms with Crippen LogP contribution in [0.4, 0.5) is 0 Å². The quantitative estimate of drug-likeness (QED) is 0.814. The number of amides is 1. The van der Waals surface area contributed by atoms with Gasteiger partial charge >= 0.3 is 0 Å². The van der Waals surface area contributed by atoms with Crippen LogP contribution in [0.3, 0.4) is 0 Å². The van der Waals surface area contributed by atoms with Gasteiger partial charge < -0.3 is 20.1 Å². The molecule has 1 heterocycles. The topological polar surface area (TPSA) is 59.6 Å². The van der Waals surface area contributed by atoms with Gasteiger partial charge in [-0.15, -0.1) is 0 Å². The van der Waals surface area contributed by atoms with Gasteiger partial charge in [0.1, 0.15) is 0 Å². The summed E-state index contributed by atoms with van der Waals surface area (Å²) in [4.78, 5) is 11.9. The first-order valence-corrected chi connectivity index (χ1v) is 6.86. The molecule has 1 aromatic rings. The van der Waals surface area contributed by atoms with E-state index in [2.05, 4.69) is 10.6 Å². The summed E-state index contributed by atoms with van der Waals surface area (Å²) in [5, 5.41) is 6.15. The van der Waals surface area contributed by atoms with Crippen LogP contribution >= 0.6 is 0 Å². The minimum absolute atomic E-state index is 0.0983. The summed E-state index contributed by atoms with van der Waals surface area (Å²) in [5.41, 5.74) is 1.11. The standard InChI is InChI=1S/C15H22N2O3/c1-10(17-15(18)12-8-16-9-12)6-11-4-5-13(19-2)14(7-11)20-3/h4-5,7,10,12,16H,6,8-9H2,1-3H3,(H,17,18). The molecule has 0 radical (unpaired) electrons. The summed E-state index contributed by atoms with van der Waals surface area (Å²) in [6, 6.07) is 5.93. The zero-order valence-corrected chi connectivity index (χ0v) is 12.2. The van der Waals surface area contributed by atoms with E-state index in [0.717, 1.165) is 25.1 Å². The van der Waals surface area contributed by atoms with Crippen LogP contribution in [0.15, 0.2) is 18.2 Å². The lowest BCUT2D eigenvalue weighted by molar-refractivity contribution is -0.127. The van der Waals surface area contributed by atoms with E-state index in [9.17, 15) is 4.79 Å². The molecule has 0 spiro atoms. The minimum atomic E-state index is 0.0983. The van der Waals surface area contributed by atoms with Crippen molar-refractivity contribution >= 4 is 5.91 Å².